The van der Waals surface area contributed by atoms with Gasteiger partial charge in [0.1, 0.15) is 24.1 Å². The van der Waals surface area contributed by atoms with Gasteiger partial charge in [-0.3, -0.25) is 4.79 Å². The van der Waals surface area contributed by atoms with Crippen molar-refractivity contribution < 1.29 is 50.0 Å². The maximum Gasteiger partial charge on any atom is 0.186 e. The lowest BCUT2D eigenvalue weighted by Crippen LogP contribution is -2.54. The van der Waals surface area contributed by atoms with Crippen molar-refractivity contribution in [1.82, 2.24) is 0 Å². The van der Waals surface area contributed by atoms with Gasteiger partial charge in [0.05, 0.1) is 12.7 Å². The number of ketones is 1. The van der Waals surface area contributed by atoms with Crippen molar-refractivity contribution in [3.05, 3.63) is 47.5 Å². The Labute approximate surface area is 196 Å². The summed E-state index contributed by atoms with van der Waals surface area (Å²) in [5, 5.41) is 67.9. The molecule has 2 unspecified atom stereocenters. The lowest BCUT2D eigenvalue weighted by atomic mass is 9.99. The third-order valence-electron chi connectivity index (χ3n) is 5.76. The number of aromatic hydroxyl groups is 4. The molecule has 1 fully saturated rings. The van der Waals surface area contributed by atoms with Crippen LogP contribution in [-0.4, -0.2) is 78.8 Å². The van der Waals surface area contributed by atoms with Crippen molar-refractivity contribution >= 4 is 5.78 Å². The van der Waals surface area contributed by atoms with Crippen LogP contribution in [0.15, 0.2) is 36.4 Å². The van der Waals surface area contributed by atoms with E-state index in [2.05, 4.69) is 0 Å². The Morgan fingerprint density at radius 3 is 2.06 bits per heavy atom. The van der Waals surface area contributed by atoms with Crippen LogP contribution in [0.2, 0.25) is 0 Å². The highest BCUT2D eigenvalue weighted by Crippen LogP contribution is 2.28. The van der Waals surface area contributed by atoms with Gasteiger partial charge in [-0.2, -0.15) is 0 Å². The Morgan fingerprint density at radius 2 is 1.47 bits per heavy atom. The molecule has 10 nitrogen and oxygen atoms in total. The SMILES string of the molecule is O=C(CCc1ccc(O)c(O)c1)CC(CCc1ccc(O)c(O)c1)OC1OC[C@@H](O)[C@H](O)[C@H]1O. The minimum atomic E-state index is -1.50. The van der Waals surface area contributed by atoms with Crippen molar-refractivity contribution in [2.45, 2.75) is 62.8 Å². The van der Waals surface area contributed by atoms with E-state index in [1.165, 1.54) is 24.3 Å². The molecule has 1 aliphatic rings. The van der Waals surface area contributed by atoms with Crippen LogP contribution in [0.5, 0.6) is 23.0 Å². The van der Waals surface area contributed by atoms with Gasteiger partial charge < -0.3 is 45.2 Å². The summed E-state index contributed by atoms with van der Waals surface area (Å²) in [7, 11) is 0. The Morgan fingerprint density at radius 1 is 0.882 bits per heavy atom. The summed E-state index contributed by atoms with van der Waals surface area (Å²) in [6.45, 7) is -0.236. The van der Waals surface area contributed by atoms with Gasteiger partial charge in [-0.25, -0.2) is 0 Å². The van der Waals surface area contributed by atoms with Crippen molar-refractivity contribution in [3.8, 4) is 23.0 Å². The molecule has 10 heteroatoms. The number of aliphatic hydroxyl groups is 3. The number of Topliss-reactive ketones (excluding diaryl/α,β-unsaturated/α-hetero) is 1. The number of carbonyl (C=O) groups excluding carboxylic acids is 1. The lowest BCUT2D eigenvalue weighted by Gasteiger charge is -2.36. The number of hydrogen-bond donors (Lipinski definition) is 7. The fourth-order valence-electron chi connectivity index (χ4n) is 3.72. The Kier molecular flexibility index (Phi) is 8.70. The predicted octanol–water partition coefficient (Wildman–Crippen LogP) is 0.858. The van der Waals surface area contributed by atoms with Gasteiger partial charge in [0.25, 0.3) is 0 Å². The molecule has 186 valence electrons. The first-order chi connectivity index (χ1) is 16.1. The van der Waals surface area contributed by atoms with Gasteiger partial charge in [0, 0.05) is 12.8 Å². The van der Waals surface area contributed by atoms with Crippen molar-refractivity contribution in [2.24, 2.45) is 0 Å². The third-order valence-corrected chi connectivity index (χ3v) is 5.76. The van der Waals surface area contributed by atoms with Gasteiger partial charge in [0.2, 0.25) is 0 Å². The van der Waals surface area contributed by atoms with Crippen LogP contribution in [0.25, 0.3) is 0 Å². The summed E-state index contributed by atoms with van der Waals surface area (Å²) < 4.78 is 11.1. The van der Waals surface area contributed by atoms with E-state index in [1.54, 1.807) is 12.1 Å². The number of hydrogen-bond acceptors (Lipinski definition) is 10. The van der Waals surface area contributed by atoms with E-state index >= 15 is 0 Å². The second-order valence-corrected chi connectivity index (χ2v) is 8.44. The van der Waals surface area contributed by atoms with Gasteiger partial charge in [-0.05, 0) is 54.7 Å². The quantitative estimate of drug-likeness (QED) is 0.242. The molecule has 0 spiro atoms. The Bertz CT molecular complexity index is 978. The largest absolute Gasteiger partial charge is 0.504 e. The van der Waals surface area contributed by atoms with E-state index in [9.17, 15) is 40.5 Å². The number of phenols is 4. The minimum absolute atomic E-state index is 0.0284. The molecule has 5 atom stereocenters. The molecule has 1 heterocycles. The van der Waals surface area contributed by atoms with Crippen molar-refractivity contribution in [3.63, 3.8) is 0 Å². The molecule has 3 rings (SSSR count). The van der Waals surface area contributed by atoms with Crippen molar-refractivity contribution in [1.29, 1.82) is 0 Å². The molecule has 0 bridgehead atoms. The van der Waals surface area contributed by atoms with Gasteiger partial charge in [-0.1, -0.05) is 12.1 Å². The zero-order valence-electron chi connectivity index (χ0n) is 18.4. The summed E-state index contributed by atoms with van der Waals surface area (Å²) in [4.78, 5) is 12.7. The normalized spacial score (nSPS) is 23.5. The van der Waals surface area contributed by atoms with Gasteiger partial charge in [-0.15, -0.1) is 0 Å². The molecule has 2 aromatic rings. The molecule has 0 aliphatic carbocycles. The number of rotatable bonds is 10. The van der Waals surface area contributed by atoms with E-state index in [0.717, 1.165) is 0 Å². The van der Waals surface area contributed by atoms with Gasteiger partial charge in [0.15, 0.2) is 29.3 Å². The van der Waals surface area contributed by atoms with Crippen LogP contribution in [0.1, 0.15) is 30.4 Å². The molecule has 34 heavy (non-hydrogen) atoms. The Balaban J connectivity index is 1.63. The Hall–Kier alpha value is -2.89. The summed E-state index contributed by atoms with van der Waals surface area (Å²) in [6, 6.07) is 8.70. The molecule has 1 aliphatic heterocycles. The zero-order chi connectivity index (χ0) is 24.8. The first kappa shape index (κ1) is 25.7. The molecular formula is C24H30O10. The maximum atomic E-state index is 12.7. The number of benzene rings is 2. The summed E-state index contributed by atoms with van der Waals surface area (Å²) >= 11 is 0. The summed E-state index contributed by atoms with van der Waals surface area (Å²) in [5.41, 5.74) is 1.36. The molecule has 0 aromatic heterocycles. The molecule has 0 saturated carbocycles. The van der Waals surface area contributed by atoms with E-state index in [4.69, 9.17) is 9.47 Å². The monoisotopic (exact) mass is 478 g/mol. The summed E-state index contributed by atoms with van der Waals surface area (Å²) in [6.07, 6.45) is -5.02. The average Bonchev–Trinajstić information content (AvgIpc) is 2.80. The highest BCUT2D eigenvalue weighted by atomic mass is 16.7. The number of ether oxygens (including phenoxy) is 2. The topological polar surface area (TPSA) is 177 Å². The molecule has 2 aromatic carbocycles. The van der Waals surface area contributed by atoms with Crippen LogP contribution >= 0.6 is 0 Å². The first-order valence-electron chi connectivity index (χ1n) is 11.0. The van der Waals surface area contributed by atoms with Crippen LogP contribution in [0, 0.1) is 0 Å². The van der Waals surface area contributed by atoms with Gasteiger partial charge >= 0.3 is 0 Å². The number of aryl methyl sites for hydroxylation is 2. The predicted molar refractivity (Wildman–Crippen MR) is 118 cm³/mol. The van der Waals surface area contributed by atoms with Crippen LogP contribution in [0.4, 0.5) is 0 Å². The zero-order valence-corrected chi connectivity index (χ0v) is 18.4. The minimum Gasteiger partial charge on any atom is -0.504 e. The molecular weight excluding hydrogens is 448 g/mol. The van der Waals surface area contributed by atoms with E-state index in [0.29, 0.717) is 30.4 Å². The lowest BCUT2D eigenvalue weighted by molar-refractivity contribution is -0.282. The molecule has 0 amide bonds. The van der Waals surface area contributed by atoms with E-state index in [-0.39, 0.29) is 48.2 Å². The fraction of sp³-hybridized carbons (Fsp3) is 0.458. The van der Waals surface area contributed by atoms with E-state index < -0.39 is 30.7 Å². The average molecular weight is 478 g/mol. The standard InChI is InChI=1S/C24H30O10/c25-15(5-1-13-3-7-17(26)19(28)9-13)11-16(6-2-14-4-8-18(27)20(29)10-14)34-24-23(32)22(31)21(30)12-33-24/h3-4,7-10,16,21-24,26-32H,1-2,5-6,11-12H2/t16?,21-,22+,23-,24?/m1/s1. The highest BCUT2D eigenvalue weighted by molar-refractivity contribution is 5.79. The molecule has 1 saturated heterocycles. The van der Waals surface area contributed by atoms with Crippen LogP contribution in [-0.2, 0) is 27.1 Å². The summed E-state index contributed by atoms with van der Waals surface area (Å²) in [5.74, 6) is -1.20. The number of aliphatic hydroxyl groups excluding tert-OH is 3. The second kappa shape index (κ2) is 11.5. The van der Waals surface area contributed by atoms with E-state index in [1.807, 2.05) is 0 Å². The molecule has 7 N–H and O–H groups in total. The van der Waals surface area contributed by atoms with Crippen molar-refractivity contribution in [2.75, 3.05) is 6.61 Å². The number of phenolic OH excluding ortho intramolecular Hbond substituents is 4. The highest BCUT2D eigenvalue weighted by Gasteiger charge is 2.39. The molecule has 0 radical (unpaired) electrons. The maximum absolute atomic E-state index is 12.7. The second-order valence-electron chi connectivity index (χ2n) is 8.44. The smallest absolute Gasteiger partial charge is 0.186 e. The van der Waals surface area contributed by atoms with Crippen LogP contribution in [0.3, 0.4) is 0 Å². The first-order valence-corrected chi connectivity index (χ1v) is 11.0. The fourth-order valence-corrected chi connectivity index (χ4v) is 3.72. The number of carbonyl (C=O) groups is 1. The van der Waals surface area contributed by atoms with Crippen LogP contribution < -0.4 is 0 Å². The third kappa shape index (κ3) is 6.81.